The molecule has 0 spiro atoms. The summed E-state index contributed by atoms with van der Waals surface area (Å²) in [4.78, 5) is 28.9. The van der Waals surface area contributed by atoms with Crippen LogP contribution in [-0.4, -0.2) is 34.4 Å². The van der Waals surface area contributed by atoms with E-state index in [0.717, 1.165) is 6.42 Å². The van der Waals surface area contributed by atoms with Gasteiger partial charge < -0.3 is 14.6 Å². The first-order valence-corrected chi connectivity index (χ1v) is 10.6. The van der Waals surface area contributed by atoms with Crippen molar-refractivity contribution in [3.8, 4) is 0 Å². The molecule has 1 aromatic heterocycles. The van der Waals surface area contributed by atoms with Gasteiger partial charge in [-0.1, -0.05) is 48.5 Å². The lowest BCUT2D eigenvalue weighted by atomic mass is 10.1. The van der Waals surface area contributed by atoms with Crippen LogP contribution >= 0.6 is 12.2 Å². The van der Waals surface area contributed by atoms with Gasteiger partial charge in [-0.2, -0.15) is 0 Å². The number of carbonyl (C=O) groups is 2. The van der Waals surface area contributed by atoms with E-state index < -0.39 is 6.04 Å². The smallest absolute Gasteiger partial charge is 0.257 e. The summed E-state index contributed by atoms with van der Waals surface area (Å²) in [6, 6.07) is 22.0. The van der Waals surface area contributed by atoms with Crippen LogP contribution < -0.4 is 10.2 Å². The predicted octanol–water partition coefficient (Wildman–Crippen LogP) is 3.53. The Morgan fingerprint density at radius 1 is 1.03 bits per heavy atom. The third kappa shape index (κ3) is 4.83. The summed E-state index contributed by atoms with van der Waals surface area (Å²) < 4.78 is 5.48. The summed E-state index contributed by atoms with van der Waals surface area (Å²) in [5.74, 6) is 0.151. The topological polar surface area (TPSA) is 65.8 Å². The van der Waals surface area contributed by atoms with Crippen molar-refractivity contribution in [3.63, 3.8) is 0 Å². The van der Waals surface area contributed by atoms with Gasteiger partial charge in [0.15, 0.2) is 5.11 Å². The second-order valence-corrected chi connectivity index (χ2v) is 7.68. The van der Waals surface area contributed by atoms with Crippen molar-refractivity contribution in [2.45, 2.75) is 25.4 Å². The van der Waals surface area contributed by atoms with Gasteiger partial charge in [0.1, 0.15) is 11.8 Å². The van der Waals surface area contributed by atoms with E-state index in [2.05, 4.69) is 17.4 Å². The van der Waals surface area contributed by atoms with E-state index in [1.54, 1.807) is 41.5 Å². The van der Waals surface area contributed by atoms with Crippen LogP contribution in [0.1, 0.15) is 17.7 Å². The number of hydrogen-bond donors (Lipinski definition) is 1. The van der Waals surface area contributed by atoms with Crippen molar-refractivity contribution in [2.24, 2.45) is 0 Å². The van der Waals surface area contributed by atoms with E-state index >= 15 is 0 Å². The summed E-state index contributed by atoms with van der Waals surface area (Å²) in [5.41, 5.74) is 1.76. The molecular weight excluding hydrogens is 410 g/mol. The van der Waals surface area contributed by atoms with Gasteiger partial charge in [-0.25, -0.2) is 4.90 Å². The summed E-state index contributed by atoms with van der Waals surface area (Å²) in [7, 11) is 0. The number of amides is 2. The van der Waals surface area contributed by atoms with Gasteiger partial charge in [0.25, 0.3) is 5.91 Å². The Kier molecular flexibility index (Phi) is 6.43. The van der Waals surface area contributed by atoms with Crippen molar-refractivity contribution >= 4 is 34.8 Å². The van der Waals surface area contributed by atoms with E-state index in [1.807, 2.05) is 30.3 Å². The molecule has 2 heterocycles. The molecule has 2 aromatic carbocycles. The Balaban J connectivity index is 1.50. The van der Waals surface area contributed by atoms with Crippen LogP contribution in [0.25, 0.3) is 0 Å². The second-order valence-electron chi connectivity index (χ2n) is 7.30. The lowest BCUT2D eigenvalue weighted by molar-refractivity contribution is -0.122. The van der Waals surface area contributed by atoms with Crippen LogP contribution in [0, 0.1) is 0 Å². The molecule has 158 valence electrons. The molecule has 1 atom stereocenters. The number of anilines is 1. The first-order valence-electron chi connectivity index (χ1n) is 10.2. The molecule has 3 aromatic rings. The first-order chi connectivity index (χ1) is 15.1. The number of benzene rings is 2. The molecule has 1 aliphatic heterocycles. The first kappa shape index (κ1) is 20.8. The van der Waals surface area contributed by atoms with Crippen molar-refractivity contribution in [3.05, 3.63) is 90.4 Å². The number of carbonyl (C=O) groups excluding carboxylic acids is 2. The number of thiocarbonyl (C=S) groups is 1. The Hall–Kier alpha value is -3.45. The van der Waals surface area contributed by atoms with E-state index in [4.69, 9.17) is 16.6 Å². The molecule has 6 nitrogen and oxygen atoms in total. The average molecular weight is 434 g/mol. The number of hydrogen-bond acceptors (Lipinski definition) is 4. The summed E-state index contributed by atoms with van der Waals surface area (Å²) in [6.07, 6.45) is 2.44. The maximum absolute atomic E-state index is 13.2. The monoisotopic (exact) mass is 433 g/mol. The zero-order valence-corrected chi connectivity index (χ0v) is 17.8. The van der Waals surface area contributed by atoms with Gasteiger partial charge in [-0.3, -0.25) is 9.59 Å². The largest absolute Gasteiger partial charge is 0.467 e. The minimum Gasteiger partial charge on any atom is -0.467 e. The van der Waals surface area contributed by atoms with Gasteiger partial charge >= 0.3 is 0 Å². The molecule has 1 saturated heterocycles. The second kappa shape index (κ2) is 9.57. The highest BCUT2D eigenvalue weighted by molar-refractivity contribution is 7.80. The molecular formula is C24H23N3O3S. The van der Waals surface area contributed by atoms with Gasteiger partial charge in [0.05, 0.1) is 24.9 Å². The third-order valence-corrected chi connectivity index (χ3v) is 5.59. The van der Waals surface area contributed by atoms with Crippen LogP contribution in [0.2, 0.25) is 0 Å². The number of rotatable bonds is 7. The molecule has 0 bridgehead atoms. The number of furan rings is 1. The zero-order valence-electron chi connectivity index (χ0n) is 16.9. The van der Waals surface area contributed by atoms with Crippen molar-refractivity contribution in [1.29, 1.82) is 0 Å². The Bertz CT molecular complexity index is 1040. The highest BCUT2D eigenvalue weighted by Crippen LogP contribution is 2.26. The Labute approximate surface area is 186 Å². The summed E-state index contributed by atoms with van der Waals surface area (Å²) in [5, 5.41) is 3.67. The standard InChI is InChI=1S/C24H23N3O3S/c28-22-16-21(23(29)27(22)19-10-5-2-6-11-19)26(17-20-12-7-15-30-20)24(31)25-14-13-18-8-3-1-4-9-18/h1-12,15,21H,13-14,16-17H2,(H,25,31)/t21-/m0/s1. The lowest BCUT2D eigenvalue weighted by Gasteiger charge is -2.29. The molecule has 4 rings (SSSR count). The Morgan fingerprint density at radius 3 is 2.42 bits per heavy atom. The molecule has 2 amide bonds. The molecule has 0 aliphatic carbocycles. The van der Waals surface area contributed by atoms with Crippen molar-refractivity contribution in [2.75, 3.05) is 11.4 Å². The fourth-order valence-corrected chi connectivity index (χ4v) is 3.96. The number of nitrogens with one attached hydrogen (secondary N) is 1. The highest BCUT2D eigenvalue weighted by Gasteiger charge is 2.43. The van der Waals surface area contributed by atoms with Crippen LogP contribution in [0.3, 0.4) is 0 Å². The molecule has 1 fully saturated rings. The lowest BCUT2D eigenvalue weighted by Crippen LogP contribution is -2.49. The predicted molar refractivity (Wildman–Crippen MR) is 122 cm³/mol. The van der Waals surface area contributed by atoms with Gasteiger partial charge in [-0.15, -0.1) is 0 Å². The molecule has 1 N–H and O–H groups in total. The number of imide groups is 1. The van der Waals surface area contributed by atoms with Gasteiger partial charge in [0, 0.05) is 6.54 Å². The van der Waals surface area contributed by atoms with E-state index in [-0.39, 0.29) is 18.2 Å². The van der Waals surface area contributed by atoms with Crippen LogP contribution in [0.15, 0.2) is 83.5 Å². The average Bonchev–Trinajstić information content (AvgIpc) is 3.40. The normalized spacial score (nSPS) is 15.9. The third-order valence-electron chi connectivity index (χ3n) is 5.21. The number of para-hydroxylation sites is 1. The quantitative estimate of drug-likeness (QED) is 0.454. The molecule has 7 heteroatoms. The molecule has 0 saturated carbocycles. The van der Waals surface area contributed by atoms with Crippen molar-refractivity contribution in [1.82, 2.24) is 10.2 Å². The zero-order chi connectivity index (χ0) is 21.6. The summed E-state index contributed by atoms with van der Waals surface area (Å²) >= 11 is 5.64. The molecule has 31 heavy (non-hydrogen) atoms. The maximum Gasteiger partial charge on any atom is 0.257 e. The van der Waals surface area contributed by atoms with E-state index in [1.165, 1.54) is 10.5 Å². The van der Waals surface area contributed by atoms with Gasteiger partial charge in [0.2, 0.25) is 5.91 Å². The van der Waals surface area contributed by atoms with Gasteiger partial charge in [-0.05, 0) is 48.5 Å². The van der Waals surface area contributed by atoms with Crippen LogP contribution in [0.4, 0.5) is 5.69 Å². The summed E-state index contributed by atoms with van der Waals surface area (Å²) in [6.45, 7) is 0.922. The fraction of sp³-hybridized carbons (Fsp3) is 0.208. The van der Waals surface area contributed by atoms with Crippen molar-refractivity contribution < 1.29 is 14.0 Å². The highest BCUT2D eigenvalue weighted by atomic mass is 32.1. The van der Waals surface area contributed by atoms with Crippen LogP contribution in [-0.2, 0) is 22.6 Å². The van der Waals surface area contributed by atoms with E-state index in [0.29, 0.717) is 29.6 Å². The SMILES string of the molecule is O=C1C[C@H](N(Cc2ccco2)C(=S)NCCc2ccccc2)C(=O)N1c1ccccc1. The molecule has 0 unspecified atom stereocenters. The minimum absolute atomic E-state index is 0.0644. The molecule has 0 radical (unpaired) electrons. The molecule has 1 aliphatic rings. The maximum atomic E-state index is 13.2. The Morgan fingerprint density at radius 2 is 1.74 bits per heavy atom. The number of nitrogens with zero attached hydrogens (tertiary/aromatic N) is 2. The van der Waals surface area contributed by atoms with Crippen LogP contribution in [0.5, 0.6) is 0 Å². The van der Waals surface area contributed by atoms with E-state index in [9.17, 15) is 9.59 Å². The minimum atomic E-state index is -0.686. The fourth-order valence-electron chi connectivity index (χ4n) is 3.66.